The van der Waals surface area contributed by atoms with Gasteiger partial charge in [-0.05, 0) is 68.0 Å². The van der Waals surface area contributed by atoms with Crippen LogP contribution in [-0.4, -0.2) is 36.6 Å². The molecule has 1 aliphatic rings. The molecule has 6 nitrogen and oxygen atoms in total. The number of aliphatic hydroxyl groups is 1. The lowest BCUT2D eigenvalue weighted by Gasteiger charge is -2.36. The summed E-state index contributed by atoms with van der Waals surface area (Å²) in [6, 6.07) is 12.0. The van der Waals surface area contributed by atoms with E-state index in [1.165, 1.54) is 14.2 Å². The van der Waals surface area contributed by atoms with E-state index in [2.05, 4.69) is 11.8 Å². The molecule has 7 heteroatoms. The summed E-state index contributed by atoms with van der Waals surface area (Å²) < 4.78 is 10.5. The largest absolute Gasteiger partial charge is 0.497 e. The summed E-state index contributed by atoms with van der Waals surface area (Å²) in [5.74, 6) is 5.02. The minimum Gasteiger partial charge on any atom is -0.497 e. The van der Waals surface area contributed by atoms with Gasteiger partial charge in [-0.2, -0.15) is 0 Å². The Hall–Kier alpha value is -3.01. The predicted molar refractivity (Wildman–Crippen MR) is 126 cm³/mol. The van der Waals surface area contributed by atoms with Gasteiger partial charge < -0.3 is 20.3 Å². The van der Waals surface area contributed by atoms with Gasteiger partial charge in [0.1, 0.15) is 17.1 Å². The van der Waals surface area contributed by atoms with Crippen LogP contribution >= 0.6 is 11.6 Å². The molecule has 1 amide bonds. The number of amides is 1. The Kier molecular flexibility index (Phi) is 8.01. The van der Waals surface area contributed by atoms with Crippen LogP contribution in [0.1, 0.15) is 48.0 Å². The number of Topliss-reactive ketones (excluding diaryl/α,β-unsaturated/α-hetero) is 1. The van der Waals surface area contributed by atoms with E-state index in [-0.39, 0.29) is 24.5 Å². The van der Waals surface area contributed by atoms with Crippen LogP contribution in [0.2, 0.25) is 5.02 Å². The van der Waals surface area contributed by atoms with Gasteiger partial charge in [0.25, 0.3) is 0 Å². The molecule has 3 rings (SSSR count). The fraction of sp³-hybridized carbons (Fsp3) is 0.385. The number of benzene rings is 2. The first-order valence-electron chi connectivity index (χ1n) is 10.8. The Labute approximate surface area is 199 Å². The van der Waals surface area contributed by atoms with Gasteiger partial charge in [-0.3, -0.25) is 9.59 Å². The molecule has 2 aromatic carbocycles. The number of nitrogens with two attached hydrogens (primary N) is 1. The van der Waals surface area contributed by atoms with Gasteiger partial charge in [0.15, 0.2) is 5.78 Å². The summed E-state index contributed by atoms with van der Waals surface area (Å²) >= 11 is 6.01. The van der Waals surface area contributed by atoms with Crippen molar-refractivity contribution in [2.24, 2.45) is 17.6 Å². The minimum atomic E-state index is -1.27. The van der Waals surface area contributed by atoms with Crippen molar-refractivity contribution in [1.29, 1.82) is 0 Å². The number of carbonyl (C=O) groups excluding carboxylic acids is 2. The Morgan fingerprint density at radius 3 is 2.70 bits per heavy atom. The van der Waals surface area contributed by atoms with Crippen LogP contribution in [0, 0.1) is 23.7 Å². The maximum Gasteiger partial charge on any atom is 0.221 e. The van der Waals surface area contributed by atoms with E-state index in [1.807, 2.05) is 6.07 Å². The molecule has 1 fully saturated rings. The van der Waals surface area contributed by atoms with Crippen molar-refractivity contribution in [2.75, 3.05) is 14.2 Å². The normalized spacial score (nSPS) is 20.8. The number of primary amides is 1. The van der Waals surface area contributed by atoms with Crippen molar-refractivity contribution >= 4 is 23.3 Å². The van der Waals surface area contributed by atoms with E-state index < -0.39 is 17.4 Å². The zero-order valence-electron chi connectivity index (χ0n) is 18.8. The van der Waals surface area contributed by atoms with Crippen molar-refractivity contribution in [3.8, 4) is 23.3 Å². The van der Waals surface area contributed by atoms with E-state index in [1.54, 1.807) is 36.4 Å². The zero-order valence-corrected chi connectivity index (χ0v) is 19.5. The molecule has 3 atom stereocenters. The molecule has 0 spiro atoms. The molecule has 0 bridgehead atoms. The number of rotatable bonds is 7. The second-order valence-electron chi connectivity index (χ2n) is 8.35. The number of ether oxygens (including phenoxy) is 2. The number of ketones is 1. The Morgan fingerprint density at radius 1 is 1.24 bits per heavy atom. The number of carbonyl (C=O) groups is 2. The molecule has 0 aromatic heterocycles. The topological polar surface area (TPSA) is 98.9 Å². The molecule has 1 unspecified atom stereocenters. The molecule has 0 aliphatic heterocycles. The Balaban J connectivity index is 1.80. The minimum absolute atomic E-state index is 0.0820. The number of hydrogen-bond donors (Lipinski definition) is 2. The van der Waals surface area contributed by atoms with Gasteiger partial charge in [0.2, 0.25) is 5.91 Å². The van der Waals surface area contributed by atoms with Crippen LogP contribution in [0.5, 0.6) is 11.5 Å². The number of halogens is 1. The summed E-state index contributed by atoms with van der Waals surface area (Å²) in [7, 11) is 2.99. The van der Waals surface area contributed by atoms with E-state index >= 15 is 0 Å². The highest BCUT2D eigenvalue weighted by Crippen LogP contribution is 2.38. The van der Waals surface area contributed by atoms with Crippen LogP contribution in [0.25, 0.3) is 0 Å². The van der Waals surface area contributed by atoms with Crippen LogP contribution in [0.4, 0.5) is 0 Å². The maximum absolute atomic E-state index is 13.1. The third kappa shape index (κ3) is 6.28. The van der Waals surface area contributed by atoms with E-state index in [0.717, 1.165) is 0 Å². The average molecular weight is 470 g/mol. The summed E-state index contributed by atoms with van der Waals surface area (Å²) in [4.78, 5) is 25.5. The van der Waals surface area contributed by atoms with Gasteiger partial charge in [-0.15, -0.1) is 0 Å². The SMILES string of the molecule is COc1ccc(OC)c(C(=O)CC(C(N)=O)[C@H]2CCC[C@@](O)(C#Cc3cccc(Cl)c3)C2)c1. The number of hydrogen-bond acceptors (Lipinski definition) is 5. The van der Waals surface area contributed by atoms with Crippen molar-refractivity contribution in [3.63, 3.8) is 0 Å². The maximum atomic E-state index is 13.1. The van der Waals surface area contributed by atoms with Crippen molar-refractivity contribution in [3.05, 3.63) is 58.6 Å². The molecule has 3 N–H and O–H groups in total. The van der Waals surface area contributed by atoms with Crippen molar-refractivity contribution in [1.82, 2.24) is 0 Å². The fourth-order valence-electron chi connectivity index (χ4n) is 4.35. The Bertz CT molecular complexity index is 1090. The summed E-state index contributed by atoms with van der Waals surface area (Å²) in [5, 5.41) is 11.7. The molecule has 0 radical (unpaired) electrons. The van der Waals surface area contributed by atoms with Crippen LogP contribution in [-0.2, 0) is 4.79 Å². The van der Waals surface area contributed by atoms with Gasteiger partial charge in [-0.1, -0.05) is 29.5 Å². The van der Waals surface area contributed by atoms with E-state index in [0.29, 0.717) is 46.9 Å². The lowest BCUT2D eigenvalue weighted by atomic mass is 9.71. The van der Waals surface area contributed by atoms with Crippen LogP contribution < -0.4 is 15.2 Å². The molecular formula is C26H28ClNO5. The standard InChI is InChI=1S/C26H28ClNO5/c1-32-20-8-9-24(33-2)22(14-20)23(29)15-21(25(28)30)18-6-4-11-26(31,16-18)12-10-17-5-3-7-19(27)13-17/h3,5,7-9,13-14,18,21,31H,4,6,11,15-16H2,1-2H3,(H2,28,30)/t18-,21?,26+/m0/s1. The molecule has 1 saturated carbocycles. The summed E-state index contributed by atoms with van der Waals surface area (Å²) in [6.07, 6.45) is 2.02. The summed E-state index contributed by atoms with van der Waals surface area (Å²) in [6.45, 7) is 0. The average Bonchev–Trinajstić information content (AvgIpc) is 2.80. The van der Waals surface area contributed by atoms with Gasteiger partial charge in [-0.25, -0.2) is 0 Å². The van der Waals surface area contributed by atoms with Crippen molar-refractivity contribution in [2.45, 2.75) is 37.7 Å². The third-order valence-electron chi connectivity index (χ3n) is 6.08. The number of methoxy groups -OCH3 is 2. The lowest BCUT2D eigenvalue weighted by molar-refractivity contribution is -0.124. The second kappa shape index (κ2) is 10.7. The highest BCUT2D eigenvalue weighted by atomic mass is 35.5. The first-order chi connectivity index (χ1) is 15.7. The third-order valence-corrected chi connectivity index (χ3v) is 6.31. The molecule has 0 heterocycles. The van der Waals surface area contributed by atoms with Gasteiger partial charge >= 0.3 is 0 Å². The van der Waals surface area contributed by atoms with Gasteiger partial charge in [0.05, 0.1) is 19.8 Å². The van der Waals surface area contributed by atoms with Gasteiger partial charge in [0, 0.05) is 22.9 Å². The Morgan fingerprint density at radius 2 is 2.03 bits per heavy atom. The summed E-state index contributed by atoms with van der Waals surface area (Å²) in [5.41, 5.74) is 5.47. The monoisotopic (exact) mass is 469 g/mol. The van der Waals surface area contributed by atoms with Crippen LogP contribution in [0.15, 0.2) is 42.5 Å². The molecule has 1 aliphatic carbocycles. The zero-order chi connectivity index (χ0) is 24.0. The fourth-order valence-corrected chi connectivity index (χ4v) is 4.54. The lowest BCUT2D eigenvalue weighted by Crippen LogP contribution is -2.41. The smallest absolute Gasteiger partial charge is 0.221 e. The first kappa shape index (κ1) is 24.6. The second-order valence-corrected chi connectivity index (χ2v) is 8.79. The van der Waals surface area contributed by atoms with Crippen molar-refractivity contribution < 1.29 is 24.2 Å². The molecule has 33 heavy (non-hydrogen) atoms. The van der Waals surface area contributed by atoms with E-state index in [9.17, 15) is 14.7 Å². The molecule has 0 saturated heterocycles. The van der Waals surface area contributed by atoms with Crippen LogP contribution in [0.3, 0.4) is 0 Å². The molecule has 2 aromatic rings. The molecular weight excluding hydrogens is 442 g/mol. The highest BCUT2D eigenvalue weighted by Gasteiger charge is 2.39. The highest BCUT2D eigenvalue weighted by molar-refractivity contribution is 6.30. The first-order valence-corrected chi connectivity index (χ1v) is 11.2. The van der Waals surface area contributed by atoms with E-state index in [4.69, 9.17) is 26.8 Å². The quantitative estimate of drug-likeness (QED) is 0.471. The predicted octanol–water partition coefficient (Wildman–Crippen LogP) is 4.00. The molecule has 174 valence electrons.